The molecule has 0 unspecified atom stereocenters. The lowest BCUT2D eigenvalue weighted by atomic mass is 10.2. The average Bonchev–Trinajstić information content (AvgIpc) is 2.92. The number of halogens is 3. The molecule has 25 heavy (non-hydrogen) atoms. The van der Waals surface area contributed by atoms with Crippen LogP contribution in [0, 0.1) is 11.6 Å². The summed E-state index contributed by atoms with van der Waals surface area (Å²) in [6, 6.07) is 8.85. The van der Waals surface area contributed by atoms with Crippen LogP contribution < -0.4 is 11.1 Å². The van der Waals surface area contributed by atoms with Crippen molar-refractivity contribution in [2.45, 2.75) is 6.54 Å². The third-order valence-electron chi connectivity index (χ3n) is 3.19. The summed E-state index contributed by atoms with van der Waals surface area (Å²) in [7, 11) is 0. The molecule has 3 rings (SSSR count). The topological polar surface area (TPSA) is 77.1 Å². The molecule has 1 aromatic heterocycles. The van der Waals surface area contributed by atoms with Crippen LogP contribution in [0.25, 0.3) is 11.5 Å². The van der Waals surface area contributed by atoms with Gasteiger partial charge in [0.05, 0.1) is 5.02 Å². The smallest absolute Gasteiger partial charge is 0.388 e. The van der Waals surface area contributed by atoms with Crippen LogP contribution in [0.5, 0.6) is 0 Å². The Morgan fingerprint density at radius 3 is 2.60 bits per heavy atom. The molecule has 0 spiro atoms. The third kappa shape index (κ3) is 3.92. The van der Waals surface area contributed by atoms with Crippen molar-refractivity contribution in [3.63, 3.8) is 0 Å². The van der Waals surface area contributed by atoms with Gasteiger partial charge in [0.2, 0.25) is 11.8 Å². The van der Waals surface area contributed by atoms with Crippen LogP contribution in [0.4, 0.5) is 14.5 Å². The summed E-state index contributed by atoms with van der Waals surface area (Å²) in [4.78, 5) is 23.8. The Kier molecular flexibility index (Phi) is 4.62. The summed E-state index contributed by atoms with van der Waals surface area (Å²) in [5.74, 6) is -2.52. The maximum atomic E-state index is 13.1. The van der Waals surface area contributed by atoms with Crippen LogP contribution >= 0.6 is 11.6 Å². The number of carbonyl (C=O) groups is 1. The lowest BCUT2D eigenvalue weighted by molar-refractivity contribution is -0.117. The molecule has 9 heteroatoms. The Balaban J connectivity index is 1.74. The van der Waals surface area contributed by atoms with Crippen molar-refractivity contribution >= 4 is 23.2 Å². The van der Waals surface area contributed by atoms with Gasteiger partial charge >= 0.3 is 5.76 Å². The van der Waals surface area contributed by atoms with Crippen molar-refractivity contribution < 1.29 is 18.0 Å². The molecule has 0 saturated heterocycles. The van der Waals surface area contributed by atoms with E-state index in [9.17, 15) is 18.4 Å². The summed E-state index contributed by atoms with van der Waals surface area (Å²) in [5.41, 5.74) is 0.662. The van der Waals surface area contributed by atoms with Gasteiger partial charge < -0.3 is 9.73 Å². The molecule has 1 amide bonds. The number of benzene rings is 2. The molecular formula is C16H10ClF2N3O3. The van der Waals surface area contributed by atoms with Gasteiger partial charge in [-0.1, -0.05) is 11.6 Å². The van der Waals surface area contributed by atoms with E-state index in [2.05, 4.69) is 10.4 Å². The van der Waals surface area contributed by atoms with Gasteiger partial charge in [-0.2, -0.15) is 4.68 Å². The van der Waals surface area contributed by atoms with Crippen molar-refractivity contribution in [1.82, 2.24) is 9.78 Å². The molecule has 0 radical (unpaired) electrons. The lowest BCUT2D eigenvalue weighted by Gasteiger charge is -2.05. The molecule has 0 saturated carbocycles. The first-order chi connectivity index (χ1) is 11.9. The second kappa shape index (κ2) is 6.86. The molecule has 0 fully saturated rings. The van der Waals surface area contributed by atoms with E-state index in [0.29, 0.717) is 5.56 Å². The Morgan fingerprint density at radius 2 is 1.92 bits per heavy atom. The van der Waals surface area contributed by atoms with E-state index in [1.54, 1.807) is 0 Å². The Morgan fingerprint density at radius 1 is 1.20 bits per heavy atom. The molecule has 128 valence electrons. The van der Waals surface area contributed by atoms with Gasteiger partial charge in [-0.15, -0.1) is 5.10 Å². The minimum atomic E-state index is -0.841. The van der Waals surface area contributed by atoms with Crippen molar-refractivity contribution in [1.29, 1.82) is 0 Å². The molecule has 2 aromatic carbocycles. The van der Waals surface area contributed by atoms with Crippen LogP contribution in [0.15, 0.2) is 51.7 Å². The largest absolute Gasteiger partial charge is 0.437 e. The standard InChI is InChI=1S/C16H10ClF2N3O3/c17-12-7-11(5-6-13(12)19)20-14(23)8-22-16(24)25-15(21-22)9-1-3-10(18)4-2-9/h1-7H,8H2,(H,20,23). The van der Waals surface area contributed by atoms with E-state index in [0.717, 1.165) is 10.7 Å². The normalized spacial score (nSPS) is 10.7. The first-order valence-corrected chi connectivity index (χ1v) is 7.39. The summed E-state index contributed by atoms with van der Waals surface area (Å²) in [5, 5.41) is 6.21. The number of aromatic nitrogens is 2. The number of hydrogen-bond donors (Lipinski definition) is 1. The van der Waals surface area contributed by atoms with Crippen molar-refractivity contribution in [2.24, 2.45) is 0 Å². The van der Waals surface area contributed by atoms with E-state index in [4.69, 9.17) is 16.0 Å². The van der Waals surface area contributed by atoms with Gasteiger partial charge in [0.25, 0.3) is 0 Å². The average molecular weight is 366 g/mol. The zero-order valence-corrected chi connectivity index (χ0v) is 13.3. The SMILES string of the molecule is O=C(Cn1nc(-c2ccc(F)cc2)oc1=O)Nc1ccc(F)c(Cl)c1. The fourth-order valence-electron chi connectivity index (χ4n) is 2.03. The lowest BCUT2D eigenvalue weighted by Crippen LogP contribution is -2.25. The first-order valence-electron chi connectivity index (χ1n) is 7.01. The first kappa shape index (κ1) is 16.8. The highest BCUT2D eigenvalue weighted by atomic mass is 35.5. The second-order valence-corrected chi connectivity index (χ2v) is 5.42. The minimum Gasteiger partial charge on any atom is -0.388 e. The predicted octanol–water partition coefficient (Wildman–Crippen LogP) is 3.07. The number of carbonyl (C=O) groups excluding carboxylic acids is 1. The Labute approximate surface area is 144 Å². The molecule has 1 heterocycles. The molecule has 0 aliphatic rings. The molecule has 1 N–H and O–H groups in total. The molecular weight excluding hydrogens is 356 g/mol. The minimum absolute atomic E-state index is 0.0392. The van der Waals surface area contributed by atoms with Crippen LogP contribution in [0.2, 0.25) is 5.02 Å². The van der Waals surface area contributed by atoms with Crippen molar-refractivity contribution in [3.05, 3.63) is 69.7 Å². The maximum absolute atomic E-state index is 13.1. The van der Waals surface area contributed by atoms with Crippen LogP contribution in [0.1, 0.15) is 0 Å². The highest BCUT2D eigenvalue weighted by molar-refractivity contribution is 6.31. The fourth-order valence-corrected chi connectivity index (χ4v) is 2.21. The zero-order chi connectivity index (χ0) is 18.0. The van der Waals surface area contributed by atoms with E-state index < -0.39 is 29.8 Å². The van der Waals surface area contributed by atoms with Crippen molar-refractivity contribution in [3.8, 4) is 11.5 Å². The number of nitrogens with zero attached hydrogens (tertiary/aromatic N) is 2. The number of amides is 1. The number of hydrogen-bond acceptors (Lipinski definition) is 4. The Hall–Kier alpha value is -3.00. The van der Waals surface area contributed by atoms with Gasteiger partial charge in [0.1, 0.15) is 18.2 Å². The van der Waals surface area contributed by atoms with Gasteiger partial charge in [0, 0.05) is 11.3 Å². The van der Waals surface area contributed by atoms with E-state index in [1.807, 2.05) is 0 Å². The predicted molar refractivity (Wildman–Crippen MR) is 86.2 cm³/mol. The van der Waals surface area contributed by atoms with Crippen LogP contribution in [0.3, 0.4) is 0 Å². The molecule has 0 aliphatic heterocycles. The molecule has 0 bridgehead atoms. The van der Waals surface area contributed by atoms with Gasteiger partial charge in [-0.3, -0.25) is 4.79 Å². The van der Waals surface area contributed by atoms with Crippen LogP contribution in [-0.4, -0.2) is 15.7 Å². The molecule has 3 aromatic rings. The summed E-state index contributed by atoms with van der Waals surface area (Å²) in [6.07, 6.45) is 0. The molecule has 0 atom stereocenters. The summed E-state index contributed by atoms with van der Waals surface area (Å²) in [6.45, 7) is -0.418. The highest BCUT2D eigenvalue weighted by Crippen LogP contribution is 2.19. The second-order valence-electron chi connectivity index (χ2n) is 5.01. The fraction of sp³-hybridized carbons (Fsp3) is 0.0625. The van der Waals surface area contributed by atoms with E-state index in [-0.39, 0.29) is 16.6 Å². The summed E-state index contributed by atoms with van der Waals surface area (Å²) >= 11 is 5.63. The van der Waals surface area contributed by atoms with Crippen LogP contribution in [-0.2, 0) is 11.3 Å². The van der Waals surface area contributed by atoms with E-state index in [1.165, 1.54) is 36.4 Å². The quantitative estimate of drug-likeness (QED) is 0.770. The molecule has 0 aliphatic carbocycles. The van der Waals surface area contributed by atoms with Gasteiger partial charge in [-0.25, -0.2) is 13.6 Å². The maximum Gasteiger partial charge on any atom is 0.437 e. The monoisotopic (exact) mass is 365 g/mol. The summed E-state index contributed by atoms with van der Waals surface area (Å²) < 4.78 is 31.8. The highest BCUT2D eigenvalue weighted by Gasteiger charge is 2.14. The van der Waals surface area contributed by atoms with Gasteiger partial charge in [0.15, 0.2) is 0 Å². The Bertz CT molecular complexity index is 983. The van der Waals surface area contributed by atoms with Crippen molar-refractivity contribution in [2.75, 3.05) is 5.32 Å². The van der Waals surface area contributed by atoms with E-state index >= 15 is 0 Å². The molecule has 6 nitrogen and oxygen atoms in total. The van der Waals surface area contributed by atoms with Gasteiger partial charge in [-0.05, 0) is 42.5 Å². The third-order valence-corrected chi connectivity index (χ3v) is 3.48. The number of nitrogens with one attached hydrogen (secondary N) is 1. The zero-order valence-electron chi connectivity index (χ0n) is 12.5. The number of rotatable bonds is 4. The number of anilines is 1.